The third-order valence-corrected chi connectivity index (χ3v) is 5.62. The molecule has 0 fully saturated rings. The van der Waals surface area contributed by atoms with Crippen molar-refractivity contribution in [3.05, 3.63) is 79.4 Å². The molecule has 29 heavy (non-hydrogen) atoms. The van der Waals surface area contributed by atoms with Gasteiger partial charge in [-0.15, -0.1) is 11.3 Å². The van der Waals surface area contributed by atoms with Crippen LogP contribution in [0.4, 0.5) is 0 Å². The van der Waals surface area contributed by atoms with Gasteiger partial charge in [0.1, 0.15) is 22.4 Å². The van der Waals surface area contributed by atoms with Crippen molar-refractivity contribution in [2.75, 3.05) is 7.11 Å². The van der Waals surface area contributed by atoms with Crippen LogP contribution in [0, 0.1) is 11.3 Å². The molecule has 0 N–H and O–H groups in total. The van der Waals surface area contributed by atoms with Crippen molar-refractivity contribution in [1.82, 2.24) is 4.98 Å². The first-order valence-electron chi connectivity index (χ1n) is 8.53. The second kappa shape index (κ2) is 8.03. The Labute approximate surface area is 178 Å². The van der Waals surface area contributed by atoms with E-state index in [0.717, 1.165) is 21.2 Å². The Kier molecular flexibility index (Phi) is 5.30. The normalized spacial score (nSPS) is 11.4. The number of aromatic nitrogens is 1. The number of methoxy groups -OCH3 is 1. The Balaban J connectivity index is 1.72. The van der Waals surface area contributed by atoms with Crippen LogP contribution in [0.5, 0.6) is 5.75 Å². The highest BCUT2D eigenvalue weighted by atomic mass is 79.9. The van der Waals surface area contributed by atoms with Crippen LogP contribution in [0.2, 0.25) is 0 Å². The summed E-state index contributed by atoms with van der Waals surface area (Å²) < 4.78 is 11.4. The Morgan fingerprint density at radius 1 is 1.24 bits per heavy atom. The van der Waals surface area contributed by atoms with Crippen LogP contribution in [0.3, 0.4) is 0 Å². The highest BCUT2D eigenvalue weighted by Crippen LogP contribution is 2.28. The largest absolute Gasteiger partial charge is 0.497 e. The average Bonchev–Trinajstić information content (AvgIpc) is 3.22. The molecule has 0 spiro atoms. The molecule has 7 heteroatoms. The maximum absolute atomic E-state index is 12.4. The molecule has 0 amide bonds. The van der Waals surface area contributed by atoms with Gasteiger partial charge in [-0.25, -0.2) is 9.78 Å². The summed E-state index contributed by atoms with van der Waals surface area (Å²) in [5.41, 5.74) is 2.16. The van der Waals surface area contributed by atoms with Gasteiger partial charge in [0.15, 0.2) is 0 Å². The predicted molar refractivity (Wildman–Crippen MR) is 118 cm³/mol. The van der Waals surface area contributed by atoms with E-state index in [1.165, 1.54) is 11.3 Å². The smallest absolute Gasteiger partial charge is 0.345 e. The van der Waals surface area contributed by atoms with Gasteiger partial charge in [-0.2, -0.15) is 5.26 Å². The molecule has 2 aromatic heterocycles. The van der Waals surface area contributed by atoms with E-state index >= 15 is 0 Å². The molecule has 0 aliphatic carbocycles. The summed E-state index contributed by atoms with van der Waals surface area (Å²) in [6.45, 7) is 0. The molecule has 4 rings (SSSR count). The maximum atomic E-state index is 12.4. The molecule has 4 aromatic rings. The molecular formula is C22H13BrN2O3S. The van der Waals surface area contributed by atoms with E-state index < -0.39 is 5.63 Å². The fourth-order valence-corrected chi connectivity index (χ4v) is 3.97. The average molecular weight is 465 g/mol. The van der Waals surface area contributed by atoms with E-state index in [0.29, 0.717) is 27.4 Å². The Hall–Kier alpha value is -3.21. The molecule has 0 aliphatic rings. The lowest BCUT2D eigenvalue weighted by atomic mass is 10.1. The number of ether oxygens (including phenoxy) is 1. The number of thiazole rings is 1. The SMILES string of the molecule is COc1ccc(C=C(C#N)c2nc(-c3cc4cc(Br)ccc4oc3=O)cs2)cc1. The predicted octanol–water partition coefficient (Wildman–Crippen LogP) is 5.75. The fraction of sp³-hybridized carbons (Fsp3) is 0.0455. The zero-order valence-electron chi connectivity index (χ0n) is 15.2. The topological polar surface area (TPSA) is 76.1 Å². The van der Waals surface area contributed by atoms with Crippen molar-refractivity contribution in [2.45, 2.75) is 0 Å². The van der Waals surface area contributed by atoms with Crippen molar-refractivity contribution in [3.63, 3.8) is 0 Å². The van der Waals surface area contributed by atoms with E-state index in [9.17, 15) is 10.1 Å². The van der Waals surface area contributed by atoms with Crippen molar-refractivity contribution in [3.8, 4) is 23.1 Å². The number of allylic oxidation sites excluding steroid dienone is 1. The standard InChI is InChI=1S/C22H13BrN2O3S/c1-27-17-5-2-13(3-6-17)8-15(11-24)21-25-19(12-29-21)18-10-14-9-16(23)4-7-20(14)28-22(18)26/h2-10,12H,1H3. The van der Waals surface area contributed by atoms with Crippen LogP contribution in [0.15, 0.2) is 67.6 Å². The van der Waals surface area contributed by atoms with Gasteiger partial charge in [0.25, 0.3) is 0 Å². The zero-order chi connectivity index (χ0) is 20.4. The van der Waals surface area contributed by atoms with Gasteiger partial charge in [0, 0.05) is 15.2 Å². The number of benzene rings is 2. The number of nitriles is 1. The highest BCUT2D eigenvalue weighted by Gasteiger charge is 2.14. The number of hydrogen-bond donors (Lipinski definition) is 0. The summed E-state index contributed by atoms with van der Waals surface area (Å²) >= 11 is 4.72. The van der Waals surface area contributed by atoms with Crippen LogP contribution < -0.4 is 10.4 Å². The van der Waals surface area contributed by atoms with Crippen molar-refractivity contribution in [1.29, 1.82) is 5.26 Å². The molecule has 2 aromatic carbocycles. The molecule has 0 aliphatic heterocycles. The van der Waals surface area contributed by atoms with Crippen LogP contribution in [0.1, 0.15) is 10.6 Å². The molecular weight excluding hydrogens is 452 g/mol. The van der Waals surface area contributed by atoms with Gasteiger partial charge < -0.3 is 9.15 Å². The third-order valence-electron chi connectivity index (χ3n) is 4.25. The van der Waals surface area contributed by atoms with Gasteiger partial charge >= 0.3 is 5.63 Å². The molecule has 0 unspecified atom stereocenters. The van der Waals surface area contributed by atoms with E-state index in [4.69, 9.17) is 9.15 Å². The maximum Gasteiger partial charge on any atom is 0.345 e. The van der Waals surface area contributed by atoms with Crippen LogP contribution >= 0.6 is 27.3 Å². The van der Waals surface area contributed by atoms with Crippen LogP contribution in [-0.2, 0) is 0 Å². The summed E-state index contributed by atoms with van der Waals surface area (Å²) in [6, 6.07) is 16.7. The first kappa shape index (κ1) is 19.1. The number of nitrogens with zero attached hydrogens (tertiary/aromatic N) is 2. The van der Waals surface area contributed by atoms with E-state index in [2.05, 4.69) is 27.0 Å². The van der Waals surface area contributed by atoms with E-state index in [-0.39, 0.29) is 0 Å². The van der Waals surface area contributed by atoms with E-state index in [1.807, 2.05) is 36.4 Å². The number of hydrogen-bond acceptors (Lipinski definition) is 6. The Bertz CT molecular complexity index is 1330. The van der Waals surface area contributed by atoms with E-state index in [1.54, 1.807) is 30.7 Å². The minimum absolute atomic E-state index is 0.361. The molecule has 0 atom stereocenters. The molecule has 0 saturated carbocycles. The number of rotatable bonds is 4. The van der Waals surface area contributed by atoms with Crippen molar-refractivity contribution >= 4 is 49.9 Å². The molecule has 0 bridgehead atoms. The van der Waals surface area contributed by atoms with Gasteiger partial charge in [-0.1, -0.05) is 28.1 Å². The summed E-state index contributed by atoms with van der Waals surface area (Å²) in [4.78, 5) is 16.9. The van der Waals surface area contributed by atoms with Gasteiger partial charge in [0.2, 0.25) is 0 Å². The second-order valence-electron chi connectivity index (χ2n) is 6.11. The van der Waals surface area contributed by atoms with Crippen molar-refractivity contribution < 1.29 is 9.15 Å². The number of halogens is 1. The molecule has 5 nitrogen and oxygen atoms in total. The summed E-state index contributed by atoms with van der Waals surface area (Å²) in [5, 5.41) is 12.7. The molecule has 0 radical (unpaired) electrons. The summed E-state index contributed by atoms with van der Waals surface area (Å²) in [7, 11) is 1.60. The monoisotopic (exact) mass is 464 g/mol. The van der Waals surface area contributed by atoms with Crippen LogP contribution in [-0.4, -0.2) is 12.1 Å². The fourth-order valence-electron chi connectivity index (χ4n) is 2.80. The molecule has 142 valence electrons. The van der Waals surface area contributed by atoms with Crippen LogP contribution in [0.25, 0.3) is 33.9 Å². The first-order valence-corrected chi connectivity index (χ1v) is 10.2. The Morgan fingerprint density at radius 3 is 2.76 bits per heavy atom. The second-order valence-corrected chi connectivity index (χ2v) is 7.88. The quantitative estimate of drug-likeness (QED) is 0.283. The minimum Gasteiger partial charge on any atom is -0.497 e. The lowest BCUT2D eigenvalue weighted by Gasteiger charge is -2.01. The third kappa shape index (κ3) is 3.99. The minimum atomic E-state index is -0.464. The van der Waals surface area contributed by atoms with Gasteiger partial charge in [-0.05, 0) is 48.0 Å². The first-order chi connectivity index (χ1) is 14.1. The van der Waals surface area contributed by atoms with Crippen molar-refractivity contribution in [2.24, 2.45) is 0 Å². The zero-order valence-corrected chi connectivity index (χ0v) is 17.6. The molecule has 2 heterocycles. The Morgan fingerprint density at radius 2 is 2.03 bits per heavy atom. The van der Waals surface area contributed by atoms with Gasteiger partial charge in [0.05, 0.1) is 23.9 Å². The highest BCUT2D eigenvalue weighted by molar-refractivity contribution is 9.10. The lowest BCUT2D eigenvalue weighted by Crippen LogP contribution is -2.02. The lowest BCUT2D eigenvalue weighted by molar-refractivity contribution is 0.415. The summed E-state index contributed by atoms with van der Waals surface area (Å²) in [5.74, 6) is 0.742. The number of fused-ring (bicyclic) bond motifs is 1. The summed E-state index contributed by atoms with van der Waals surface area (Å²) in [6.07, 6.45) is 1.75. The molecule has 0 saturated heterocycles. The van der Waals surface area contributed by atoms with Gasteiger partial charge in [-0.3, -0.25) is 0 Å².